The van der Waals surface area contributed by atoms with Gasteiger partial charge in [-0.3, -0.25) is 19.3 Å². The van der Waals surface area contributed by atoms with Crippen LogP contribution < -0.4 is 15.4 Å². The molecule has 2 N–H and O–H groups in total. The number of amides is 3. The number of imide groups is 1. The molecule has 3 amide bonds. The third-order valence-corrected chi connectivity index (χ3v) is 4.49. The monoisotopic (exact) mass is 393 g/mol. The Morgan fingerprint density at radius 2 is 1.66 bits per heavy atom. The highest BCUT2D eigenvalue weighted by atomic mass is 16.5. The molecule has 3 rings (SSSR count). The second-order valence-corrected chi connectivity index (χ2v) is 6.91. The van der Waals surface area contributed by atoms with Gasteiger partial charge in [-0.25, -0.2) is 0 Å². The molecule has 0 saturated carbocycles. The molecule has 7 heteroatoms. The number of hydrogen-bond acceptors (Lipinski definition) is 5. The third kappa shape index (κ3) is 3.99. The van der Waals surface area contributed by atoms with E-state index in [0.29, 0.717) is 22.7 Å². The van der Waals surface area contributed by atoms with E-state index in [4.69, 9.17) is 4.74 Å². The molecular formula is C22H23N3O4. The van der Waals surface area contributed by atoms with Crippen LogP contribution in [0.4, 0.5) is 11.4 Å². The number of nitrogens with one attached hydrogen (secondary N) is 2. The van der Waals surface area contributed by atoms with Crippen molar-refractivity contribution in [2.75, 3.05) is 17.7 Å². The summed E-state index contributed by atoms with van der Waals surface area (Å²) in [7, 11) is 1.54. The number of carbonyl (C=O) groups excluding carboxylic acids is 3. The Morgan fingerprint density at radius 3 is 2.24 bits per heavy atom. The summed E-state index contributed by atoms with van der Waals surface area (Å²) in [5.74, 6) is -0.385. The molecule has 0 bridgehead atoms. The fourth-order valence-corrected chi connectivity index (χ4v) is 3.21. The zero-order chi connectivity index (χ0) is 21.1. The zero-order valence-corrected chi connectivity index (χ0v) is 16.8. The van der Waals surface area contributed by atoms with Gasteiger partial charge >= 0.3 is 0 Å². The molecule has 0 unspecified atom stereocenters. The third-order valence-electron chi connectivity index (χ3n) is 4.49. The number of para-hydroxylation sites is 2. The van der Waals surface area contributed by atoms with Crippen LogP contribution in [0.3, 0.4) is 0 Å². The van der Waals surface area contributed by atoms with Crippen molar-refractivity contribution in [1.29, 1.82) is 0 Å². The van der Waals surface area contributed by atoms with Crippen molar-refractivity contribution in [3.8, 4) is 5.75 Å². The van der Waals surface area contributed by atoms with Crippen molar-refractivity contribution >= 4 is 34.7 Å². The summed E-state index contributed by atoms with van der Waals surface area (Å²) in [6.45, 7) is 5.00. The van der Waals surface area contributed by atoms with Crippen molar-refractivity contribution in [3.05, 3.63) is 59.8 Å². The molecule has 1 aliphatic heterocycles. The summed E-state index contributed by atoms with van der Waals surface area (Å²) in [6.07, 6.45) is 0. The van der Waals surface area contributed by atoms with E-state index in [1.807, 2.05) is 12.1 Å². The predicted molar refractivity (Wildman–Crippen MR) is 111 cm³/mol. The van der Waals surface area contributed by atoms with Crippen molar-refractivity contribution in [1.82, 2.24) is 4.90 Å². The van der Waals surface area contributed by atoms with Gasteiger partial charge in [0.25, 0.3) is 11.8 Å². The first-order valence-corrected chi connectivity index (χ1v) is 9.23. The highest BCUT2D eigenvalue weighted by molar-refractivity contribution is 6.36. The maximum atomic E-state index is 13.1. The van der Waals surface area contributed by atoms with Gasteiger partial charge in [0, 0.05) is 18.7 Å². The van der Waals surface area contributed by atoms with Crippen LogP contribution in [-0.4, -0.2) is 35.8 Å². The Labute approximate surface area is 169 Å². The van der Waals surface area contributed by atoms with Crippen LogP contribution >= 0.6 is 0 Å². The summed E-state index contributed by atoms with van der Waals surface area (Å²) < 4.78 is 5.35. The molecule has 0 spiro atoms. The van der Waals surface area contributed by atoms with Crippen LogP contribution in [0.1, 0.15) is 26.3 Å². The molecule has 2 aromatic carbocycles. The van der Waals surface area contributed by atoms with Gasteiger partial charge in [0.2, 0.25) is 5.91 Å². The largest absolute Gasteiger partial charge is 0.495 e. The van der Waals surface area contributed by atoms with Crippen molar-refractivity contribution < 1.29 is 19.1 Å². The Hall–Kier alpha value is -3.61. The lowest BCUT2D eigenvalue weighted by Gasteiger charge is -2.19. The molecule has 2 aromatic rings. The van der Waals surface area contributed by atoms with Gasteiger partial charge in [-0.2, -0.15) is 0 Å². The van der Waals surface area contributed by atoms with Crippen molar-refractivity contribution in [3.63, 3.8) is 0 Å². The topological polar surface area (TPSA) is 87.7 Å². The molecular weight excluding hydrogens is 370 g/mol. The van der Waals surface area contributed by atoms with E-state index in [-0.39, 0.29) is 29.1 Å². The smallest absolute Gasteiger partial charge is 0.278 e. The Kier molecular flexibility index (Phi) is 5.68. The first-order chi connectivity index (χ1) is 13.8. The van der Waals surface area contributed by atoms with Crippen LogP contribution in [0, 0.1) is 0 Å². The van der Waals surface area contributed by atoms with Crippen LogP contribution in [0.5, 0.6) is 5.75 Å². The summed E-state index contributed by atoms with van der Waals surface area (Å²) in [5.41, 5.74) is 2.25. The van der Waals surface area contributed by atoms with E-state index in [1.165, 1.54) is 11.8 Å². The SMILES string of the molecule is COc1ccccc1NC1=C(c2ccc(NC(C)=O)cc2)C(=O)N(C(C)C)C1=O. The van der Waals surface area contributed by atoms with E-state index in [2.05, 4.69) is 10.6 Å². The predicted octanol–water partition coefficient (Wildman–Crippen LogP) is 3.25. The first kappa shape index (κ1) is 20.1. The number of rotatable bonds is 6. The molecule has 150 valence electrons. The molecule has 0 aromatic heterocycles. The summed E-state index contributed by atoms with van der Waals surface area (Å²) in [6, 6.07) is 13.7. The Bertz CT molecular complexity index is 993. The van der Waals surface area contributed by atoms with Crippen molar-refractivity contribution in [2.24, 2.45) is 0 Å². The van der Waals surface area contributed by atoms with E-state index in [9.17, 15) is 14.4 Å². The zero-order valence-electron chi connectivity index (χ0n) is 16.8. The number of ether oxygens (including phenoxy) is 1. The van der Waals surface area contributed by atoms with Crippen LogP contribution in [-0.2, 0) is 14.4 Å². The minimum Gasteiger partial charge on any atom is -0.495 e. The molecule has 0 aliphatic carbocycles. The van der Waals surface area contributed by atoms with E-state index in [1.54, 1.807) is 57.4 Å². The normalized spacial score (nSPS) is 13.9. The van der Waals surface area contributed by atoms with Crippen LogP contribution in [0.25, 0.3) is 5.57 Å². The van der Waals surface area contributed by atoms with E-state index in [0.717, 1.165) is 0 Å². The molecule has 1 aliphatic rings. The van der Waals surface area contributed by atoms with Gasteiger partial charge in [0.1, 0.15) is 11.4 Å². The van der Waals surface area contributed by atoms with Gasteiger partial charge < -0.3 is 15.4 Å². The second kappa shape index (κ2) is 8.18. The molecule has 29 heavy (non-hydrogen) atoms. The molecule has 0 radical (unpaired) electrons. The molecule has 0 fully saturated rings. The van der Waals surface area contributed by atoms with Gasteiger partial charge in [-0.05, 0) is 43.7 Å². The molecule has 1 heterocycles. The number of nitrogens with zero attached hydrogens (tertiary/aromatic N) is 1. The maximum Gasteiger partial charge on any atom is 0.278 e. The number of hydrogen-bond donors (Lipinski definition) is 2. The van der Waals surface area contributed by atoms with Crippen LogP contribution in [0.15, 0.2) is 54.2 Å². The lowest BCUT2D eigenvalue weighted by Crippen LogP contribution is -2.38. The first-order valence-electron chi connectivity index (χ1n) is 9.23. The fourth-order valence-electron chi connectivity index (χ4n) is 3.21. The number of anilines is 2. The quantitative estimate of drug-likeness (QED) is 0.736. The van der Waals surface area contributed by atoms with Gasteiger partial charge in [-0.15, -0.1) is 0 Å². The summed E-state index contributed by atoms with van der Waals surface area (Å²) in [4.78, 5) is 38.6. The standard InChI is InChI=1S/C22H23N3O4/c1-13(2)25-21(27)19(15-9-11-16(12-10-15)23-14(3)26)20(22(25)28)24-17-7-5-6-8-18(17)29-4/h5-13,24H,1-4H3,(H,23,26). The summed E-state index contributed by atoms with van der Waals surface area (Å²) >= 11 is 0. The van der Waals surface area contributed by atoms with E-state index >= 15 is 0 Å². The minimum atomic E-state index is -0.392. The van der Waals surface area contributed by atoms with Gasteiger partial charge in [0.15, 0.2) is 0 Å². The number of carbonyl (C=O) groups is 3. The number of methoxy groups -OCH3 is 1. The highest BCUT2D eigenvalue weighted by Gasteiger charge is 2.40. The van der Waals surface area contributed by atoms with Crippen LogP contribution in [0.2, 0.25) is 0 Å². The summed E-state index contributed by atoms with van der Waals surface area (Å²) in [5, 5.41) is 5.78. The number of benzene rings is 2. The molecule has 7 nitrogen and oxygen atoms in total. The minimum absolute atomic E-state index is 0.186. The van der Waals surface area contributed by atoms with Gasteiger partial charge in [-0.1, -0.05) is 24.3 Å². The average Bonchev–Trinajstić information content (AvgIpc) is 2.92. The maximum absolute atomic E-state index is 13.1. The van der Waals surface area contributed by atoms with E-state index < -0.39 is 5.91 Å². The van der Waals surface area contributed by atoms with Gasteiger partial charge in [0.05, 0.1) is 18.4 Å². The second-order valence-electron chi connectivity index (χ2n) is 6.91. The van der Waals surface area contributed by atoms with Crippen molar-refractivity contribution in [2.45, 2.75) is 26.8 Å². The Morgan fingerprint density at radius 1 is 1.00 bits per heavy atom. The Balaban J connectivity index is 2.07. The average molecular weight is 393 g/mol. The molecule has 0 atom stereocenters. The lowest BCUT2D eigenvalue weighted by molar-refractivity contribution is -0.138. The lowest BCUT2D eigenvalue weighted by atomic mass is 10.0. The fraction of sp³-hybridized carbons (Fsp3) is 0.227. The highest BCUT2D eigenvalue weighted by Crippen LogP contribution is 2.34. The molecule has 0 saturated heterocycles.